The number of aryl methyl sites for hydroxylation is 1. The van der Waals surface area contributed by atoms with Crippen LogP contribution in [0.25, 0.3) is 0 Å². The van der Waals surface area contributed by atoms with Crippen LogP contribution in [0.4, 0.5) is 0 Å². The maximum atomic E-state index is 9.05. The van der Waals surface area contributed by atoms with Gasteiger partial charge < -0.3 is 5.11 Å². The first kappa shape index (κ1) is 7.62. The van der Waals surface area contributed by atoms with E-state index < -0.39 is 0 Å². The smallest absolute Gasteiger partial charge is 0.115 e. The van der Waals surface area contributed by atoms with Crippen LogP contribution in [0.5, 0.6) is 5.75 Å². The lowest BCUT2D eigenvalue weighted by atomic mass is 10.1. The molecule has 56 valence electrons. The van der Waals surface area contributed by atoms with Crippen LogP contribution in [0.3, 0.4) is 0 Å². The van der Waals surface area contributed by atoms with Crippen LogP contribution >= 0.6 is 0 Å². The van der Waals surface area contributed by atoms with E-state index in [0.717, 1.165) is 11.1 Å². The fourth-order valence-corrected chi connectivity index (χ4v) is 0.933. The Labute approximate surface area is 65.7 Å². The molecule has 1 rings (SSSR count). The fourth-order valence-electron chi connectivity index (χ4n) is 0.933. The second-order valence-corrected chi connectivity index (χ2v) is 2.45. The van der Waals surface area contributed by atoms with Crippen molar-refractivity contribution in [2.24, 2.45) is 0 Å². The zero-order valence-corrected chi connectivity index (χ0v) is 6.33. The predicted octanol–water partition coefficient (Wildman–Crippen LogP) is 1.77. The average molecular weight is 147 g/mol. The summed E-state index contributed by atoms with van der Waals surface area (Å²) >= 11 is 0. The third-order valence-electron chi connectivity index (χ3n) is 1.60. The van der Waals surface area contributed by atoms with Gasteiger partial charge in [0.15, 0.2) is 0 Å². The highest BCUT2D eigenvalue weighted by molar-refractivity contribution is 5.35. The summed E-state index contributed by atoms with van der Waals surface area (Å²) in [6.07, 6.45) is 0.361. The molecule has 0 saturated heterocycles. The van der Waals surface area contributed by atoms with Crippen LogP contribution < -0.4 is 0 Å². The van der Waals surface area contributed by atoms with Crippen LogP contribution in [0.15, 0.2) is 18.2 Å². The average Bonchev–Trinajstić information content (AvgIpc) is 1.98. The molecule has 0 saturated carbocycles. The Balaban J connectivity index is 3.05. The highest BCUT2D eigenvalue weighted by Gasteiger charge is 1.97. The summed E-state index contributed by atoms with van der Waals surface area (Å²) in [5.41, 5.74) is 1.94. The second-order valence-electron chi connectivity index (χ2n) is 2.45. The molecule has 0 spiro atoms. The first-order chi connectivity index (χ1) is 5.24. The molecular formula is C9H9NO. The van der Waals surface area contributed by atoms with Crippen molar-refractivity contribution in [2.75, 3.05) is 0 Å². The lowest BCUT2D eigenvalue weighted by Gasteiger charge is -2.00. The lowest BCUT2D eigenvalue weighted by Crippen LogP contribution is -1.85. The van der Waals surface area contributed by atoms with E-state index in [1.807, 2.05) is 19.1 Å². The van der Waals surface area contributed by atoms with Crippen molar-refractivity contribution in [3.05, 3.63) is 29.3 Å². The van der Waals surface area contributed by atoms with Crippen molar-refractivity contribution >= 4 is 0 Å². The molecule has 1 N–H and O–H groups in total. The summed E-state index contributed by atoms with van der Waals surface area (Å²) < 4.78 is 0. The van der Waals surface area contributed by atoms with Crippen molar-refractivity contribution in [1.82, 2.24) is 0 Å². The van der Waals surface area contributed by atoms with Gasteiger partial charge in [-0.15, -0.1) is 0 Å². The van der Waals surface area contributed by atoms with Gasteiger partial charge in [-0.2, -0.15) is 5.26 Å². The van der Waals surface area contributed by atoms with E-state index in [1.165, 1.54) is 0 Å². The summed E-state index contributed by atoms with van der Waals surface area (Å²) in [4.78, 5) is 0. The molecule has 0 aliphatic heterocycles. The number of aromatic hydroxyl groups is 1. The highest BCUT2D eigenvalue weighted by atomic mass is 16.3. The second kappa shape index (κ2) is 3.07. The zero-order chi connectivity index (χ0) is 8.27. The molecular weight excluding hydrogens is 138 g/mol. The van der Waals surface area contributed by atoms with Crippen molar-refractivity contribution in [1.29, 1.82) is 5.26 Å². The molecule has 0 unspecified atom stereocenters. The molecule has 0 heterocycles. The maximum absolute atomic E-state index is 9.05. The fraction of sp³-hybridized carbons (Fsp3) is 0.222. The van der Waals surface area contributed by atoms with Crippen molar-refractivity contribution in [3.8, 4) is 11.8 Å². The lowest BCUT2D eigenvalue weighted by molar-refractivity contribution is 0.474. The normalized spacial score (nSPS) is 9.09. The molecule has 1 aromatic rings. The van der Waals surface area contributed by atoms with Gasteiger partial charge in [0.05, 0.1) is 12.5 Å². The van der Waals surface area contributed by atoms with Gasteiger partial charge in [-0.1, -0.05) is 6.07 Å². The summed E-state index contributed by atoms with van der Waals surface area (Å²) in [6, 6.07) is 7.09. The molecule has 1 aromatic carbocycles. The third-order valence-corrected chi connectivity index (χ3v) is 1.60. The van der Waals surface area contributed by atoms with Gasteiger partial charge in [0.25, 0.3) is 0 Å². The number of hydrogen-bond donors (Lipinski definition) is 1. The Kier molecular flexibility index (Phi) is 2.12. The van der Waals surface area contributed by atoms with E-state index in [9.17, 15) is 0 Å². The van der Waals surface area contributed by atoms with Crippen LogP contribution in [-0.2, 0) is 6.42 Å². The van der Waals surface area contributed by atoms with Crippen LogP contribution in [0.2, 0.25) is 0 Å². The monoisotopic (exact) mass is 147 g/mol. The van der Waals surface area contributed by atoms with E-state index in [4.69, 9.17) is 10.4 Å². The minimum atomic E-state index is 0.223. The molecule has 0 aliphatic carbocycles. The van der Waals surface area contributed by atoms with Crippen LogP contribution in [-0.4, -0.2) is 5.11 Å². The zero-order valence-electron chi connectivity index (χ0n) is 6.33. The molecule has 0 aliphatic rings. The summed E-state index contributed by atoms with van der Waals surface area (Å²) in [6.45, 7) is 1.92. The number of rotatable bonds is 1. The Bertz CT molecular complexity index is 299. The van der Waals surface area contributed by atoms with E-state index in [1.54, 1.807) is 12.1 Å². The van der Waals surface area contributed by atoms with E-state index in [0.29, 0.717) is 6.42 Å². The number of hydrogen-bond acceptors (Lipinski definition) is 2. The van der Waals surface area contributed by atoms with Gasteiger partial charge in [-0.25, -0.2) is 0 Å². The SMILES string of the molecule is Cc1ccc(O)cc1CC#N. The minimum absolute atomic E-state index is 0.223. The highest BCUT2D eigenvalue weighted by Crippen LogP contribution is 2.15. The molecule has 11 heavy (non-hydrogen) atoms. The van der Waals surface area contributed by atoms with Crippen molar-refractivity contribution < 1.29 is 5.11 Å². The number of nitriles is 1. The van der Waals surface area contributed by atoms with E-state index in [-0.39, 0.29) is 5.75 Å². The summed E-state index contributed by atoms with van der Waals surface area (Å²) in [5.74, 6) is 0.223. The number of nitrogens with zero attached hydrogens (tertiary/aromatic N) is 1. The predicted molar refractivity (Wildman–Crippen MR) is 42.2 cm³/mol. The van der Waals surface area contributed by atoms with Crippen LogP contribution in [0.1, 0.15) is 11.1 Å². The quantitative estimate of drug-likeness (QED) is 0.657. The molecule has 0 atom stereocenters. The third kappa shape index (κ3) is 1.71. The van der Waals surface area contributed by atoms with Crippen LogP contribution in [0, 0.1) is 18.3 Å². The minimum Gasteiger partial charge on any atom is -0.508 e. The van der Waals surface area contributed by atoms with Gasteiger partial charge in [0.1, 0.15) is 5.75 Å². The topological polar surface area (TPSA) is 44.0 Å². The molecule has 2 nitrogen and oxygen atoms in total. The number of phenolic OH excluding ortho intramolecular Hbond substituents is 1. The first-order valence-corrected chi connectivity index (χ1v) is 3.39. The number of benzene rings is 1. The molecule has 0 fully saturated rings. The Morgan fingerprint density at radius 1 is 1.55 bits per heavy atom. The van der Waals surface area contributed by atoms with Crippen molar-refractivity contribution in [2.45, 2.75) is 13.3 Å². The molecule has 0 radical (unpaired) electrons. The Morgan fingerprint density at radius 3 is 2.91 bits per heavy atom. The van der Waals surface area contributed by atoms with E-state index >= 15 is 0 Å². The molecule has 0 aromatic heterocycles. The molecule has 2 heteroatoms. The molecule has 0 bridgehead atoms. The van der Waals surface area contributed by atoms with Gasteiger partial charge in [-0.05, 0) is 30.2 Å². The summed E-state index contributed by atoms with van der Waals surface area (Å²) in [5, 5.41) is 17.5. The van der Waals surface area contributed by atoms with Crippen molar-refractivity contribution in [3.63, 3.8) is 0 Å². The van der Waals surface area contributed by atoms with E-state index in [2.05, 4.69) is 0 Å². The standard InChI is InChI=1S/C9H9NO/c1-7-2-3-9(11)6-8(7)4-5-10/h2-3,6,11H,4H2,1H3. The molecule has 0 amide bonds. The largest absolute Gasteiger partial charge is 0.508 e. The Morgan fingerprint density at radius 2 is 2.27 bits per heavy atom. The maximum Gasteiger partial charge on any atom is 0.115 e. The number of phenols is 1. The first-order valence-electron chi connectivity index (χ1n) is 3.39. The Hall–Kier alpha value is -1.49. The van der Waals surface area contributed by atoms with Gasteiger partial charge in [0.2, 0.25) is 0 Å². The summed E-state index contributed by atoms with van der Waals surface area (Å²) in [7, 11) is 0. The van der Waals surface area contributed by atoms with Gasteiger partial charge >= 0.3 is 0 Å². The van der Waals surface area contributed by atoms with Gasteiger partial charge in [-0.3, -0.25) is 0 Å². The van der Waals surface area contributed by atoms with Gasteiger partial charge in [0, 0.05) is 0 Å².